The topological polar surface area (TPSA) is 12.0 Å². The van der Waals surface area contributed by atoms with E-state index in [1.54, 1.807) is 0 Å². The van der Waals surface area contributed by atoms with Gasteiger partial charge in [-0.25, -0.2) is 0 Å². The van der Waals surface area contributed by atoms with E-state index in [1.165, 1.54) is 18.4 Å². The minimum atomic E-state index is 0.434. The zero-order valence-corrected chi connectivity index (χ0v) is 12.0. The molecule has 0 aliphatic carbocycles. The molecule has 0 amide bonds. The highest BCUT2D eigenvalue weighted by atomic mass is 14.9. The van der Waals surface area contributed by atoms with Gasteiger partial charge in [-0.1, -0.05) is 58.0 Å². The standard InChI is InChI=1S/C16H27N/c1-13(11-12-16(2,3)4)15(17-5)14-9-7-6-8-10-14/h6-10,13,15,17H,11-12H2,1-5H3. The number of benzene rings is 1. The van der Waals surface area contributed by atoms with Crippen molar-refractivity contribution in [2.75, 3.05) is 7.05 Å². The van der Waals surface area contributed by atoms with Crippen LogP contribution < -0.4 is 5.32 Å². The predicted octanol–water partition coefficient (Wildman–Crippen LogP) is 4.41. The van der Waals surface area contributed by atoms with Crippen molar-refractivity contribution in [3.05, 3.63) is 35.9 Å². The van der Waals surface area contributed by atoms with Gasteiger partial charge in [-0.2, -0.15) is 0 Å². The Morgan fingerprint density at radius 2 is 1.71 bits per heavy atom. The van der Waals surface area contributed by atoms with Crippen LogP contribution in [0.1, 0.15) is 52.1 Å². The first-order chi connectivity index (χ1) is 7.94. The van der Waals surface area contributed by atoms with E-state index in [4.69, 9.17) is 0 Å². The van der Waals surface area contributed by atoms with Crippen LogP contribution in [-0.2, 0) is 0 Å². The number of nitrogens with one attached hydrogen (secondary N) is 1. The van der Waals surface area contributed by atoms with Crippen LogP contribution in [0.2, 0.25) is 0 Å². The first-order valence-corrected chi connectivity index (χ1v) is 6.66. The van der Waals surface area contributed by atoms with Gasteiger partial charge in [0.2, 0.25) is 0 Å². The van der Waals surface area contributed by atoms with Crippen molar-refractivity contribution in [2.24, 2.45) is 11.3 Å². The van der Waals surface area contributed by atoms with Gasteiger partial charge in [-0.3, -0.25) is 0 Å². The van der Waals surface area contributed by atoms with Gasteiger partial charge in [0.25, 0.3) is 0 Å². The van der Waals surface area contributed by atoms with Gasteiger partial charge >= 0.3 is 0 Å². The molecule has 0 radical (unpaired) electrons. The second-order valence-electron chi connectivity index (χ2n) is 6.25. The van der Waals surface area contributed by atoms with E-state index in [2.05, 4.69) is 70.4 Å². The predicted molar refractivity (Wildman–Crippen MR) is 76.1 cm³/mol. The first kappa shape index (κ1) is 14.2. The fourth-order valence-corrected chi connectivity index (χ4v) is 2.27. The third-order valence-corrected chi connectivity index (χ3v) is 3.39. The molecule has 0 saturated heterocycles. The summed E-state index contributed by atoms with van der Waals surface area (Å²) in [6.07, 6.45) is 2.54. The fourth-order valence-electron chi connectivity index (χ4n) is 2.27. The summed E-state index contributed by atoms with van der Waals surface area (Å²) in [6, 6.07) is 11.2. The maximum absolute atomic E-state index is 3.45. The van der Waals surface area contributed by atoms with Gasteiger partial charge < -0.3 is 5.32 Å². The molecule has 1 aromatic carbocycles. The molecule has 1 nitrogen and oxygen atoms in total. The zero-order valence-electron chi connectivity index (χ0n) is 12.0. The Labute approximate surface area is 107 Å². The van der Waals surface area contributed by atoms with Gasteiger partial charge in [0, 0.05) is 6.04 Å². The molecule has 0 aliphatic rings. The van der Waals surface area contributed by atoms with Crippen LogP contribution in [-0.4, -0.2) is 7.05 Å². The molecule has 0 aromatic heterocycles. The van der Waals surface area contributed by atoms with E-state index in [-0.39, 0.29) is 0 Å². The van der Waals surface area contributed by atoms with Gasteiger partial charge in [0.05, 0.1) is 0 Å². The Morgan fingerprint density at radius 1 is 1.12 bits per heavy atom. The number of hydrogen-bond acceptors (Lipinski definition) is 1. The summed E-state index contributed by atoms with van der Waals surface area (Å²) in [6.45, 7) is 9.30. The number of hydrogen-bond donors (Lipinski definition) is 1. The molecule has 0 heterocycles. The maximum Gasteiger partial charge on any atom is 0.0343 e. The van der Waals surface area contributed by atoms with Gasteiger partial charge in [-0.15, -0.1) is 0 Å². The van der Waals surface area contributed by atoms with Crippen LogP contribution in [0.25, 0.3) is 0 Å². The molecule has 1 aromatic rings. The van der Waals surface area contributed by atoms with Crippen molar-refractivity contribution < 1.29 is 0 Å². The quantitative estimate of drug-likeness (QED) is 0.794. The average Bonchev–Trinajstić information content (AvgIpc) is 2.28. The van der Waals surface area contributed by atoms with Crippen LogP contribution >= 0.6 is 0 Å². The van der Waals surface area contributed by atoms with E-state index in [0.717, 1.165) is 0 Å². The molecule has 17 heavy (non-hydrogen) atoms. The first-order valence-electron chi connectivity index (χ1n) is 6.66. The lowest BCUT2D eigenvalue weighted by molar-refractivity contribution is 0.295. The normalized spacial score (nSPS) is 15.6. The summed E-state index contributed by atoms with van der Waals surface area (Å²) >= 11 is 0. The molecule has 0 saturated carbocycles. The van der Waals surface area contributed by atoms with Gasteiger partial charge in [-0.05, 0) is 36.8 Å². The number of rotatable bonds is 5. The Hall–Kier alpha value is -0.820. The third-order valence-electron chi connectivity index (χ3n) is 3.39. The Bertz CT molecular complexity index is 310. The summed E-state index contributed by atoms with van der Waals surface area (Å²) in [7, 11) is 2.06. The van der Waals surface area contributed by atoms with E-state index < -0.39 is 0 Å². The van der Waals surface area contributed by atoms with Crippen LogP contribution in [0.3, 0.4) is 0 Å². The lowest BCUT2D eigenvalue weighted by Crippen LogP contribution is -2.24. The van der Waals surface area contributed by atoms with E-state index in [1.807, 2.05) is 0 Å². The smallest absolute Gasteiger partial charge is 0.0343 e. The lowest BCUT2D eigenvalue weighted by Gasteiger charge is -2.27. The van der Waals surface area contributed by atoms with Crippen molar-refractivity contribution in [1.29, 1.82) is 0 Å². The van der Waals surface area contributed by atoms with Crippen molar-refractivity contribution >= 4 is 0 Å². The van der Waals surface area contributed by atoms with E-state index in [0.29, 0.717) is 17.4 Å². The van der Waals surface area contributed by atoms with Crippen LogP contribution in [0.4, 0.5) is 0 Å². The van der Waals surface area contributed by atoms with Gasteiger partial charge in [0.15, 0.2) is 0 Å². The SMILES string of the molecule is CNC(c1ccccc1)C(C)CCC(C)(C)C. The highest BCUT2D eigenvalue weighted by molar-refractivity contribution is 5.19. The molecule has 0 aliphatic heterocycles. The molecule has 0 bridgehead atoms. The van der Waals surface area contributed by atoms with Crippen molar-refractivity contribution in [3.63, 3.8) is 0 Å². The Morgan fingerprint density at radius 3 is 2.18 bits per heavy atom. The average molecular weight is 233 g/mol. The third kappa shape index (κ3) is 4.91. The Kier molecular flexibility index (Phi) is 5.20. The maximum atomic E-state index is 3.45. The van der Waals surface area contributed by atoms with Crippen molar-refractivity contribution in [2.45, 2.75) is 46.6 Å². The van der Waals surface area contributed by atoms with Gasteiger partial charge in [0.1, 0.15) is 0 Å². The molecular weight excluding hydrogens is 206 g/mol. The summed E-state index contributed by atoms with van der Waals surface area (Å²) in [4.78, 5) is 0. The van der Waals surface area contributed by atoms with Crippen LogP contribution in [0.5, 0.6) is 0 Å². The summed E-state index contributed by atoms with van der Waals surface area (Å²) in [5, 5.41) is 3.45. The highest BCUT2D eigenvalue weighted by Crippen LogP contribution is 2.30. The van der Waals surface area contributed by atoms with Crippen molar-refractivity contribution in [3.8, 4) is 0 Å². The monoisotopic (exact) mass is 233 g/mol. The lowest BCUT2D eigenvalue weighted by atomic mass is 9.83. The second-order valence-corrected chi connectivity index (χ2v) is 6.25. The largest absolute Gasteiger partial charge is 0.313 e. The van der Waals surface area contributed by atoms with Crippen LogP contribution in [0.15, 0.2) is 30.3 Å². The minimum Gasteiger partial charge on any atom is -0.313 e. The molecule has 2 unspecified atom stereocenters. The minimum absolute atomic E-state index is 0.434. The molecule has 96 valence electrons. The molecular formula is C16H27N. The molecule has 1 heteroatoms. The molecule has 0 spiro atoms. The van der Waals surface area contributed by atoms with E-state index in [9.17, 15) is 0 Å². The molecule has 1 rings (SSSR count). The fraction of sp³-hybridized carbons (Fsp3) is 0.625. The van der Waals surface area contributed by atoms with Crippen LogP contribution in [0, 0.1) is 11.3 Å². The van der Waals surface area contributed by atoms with E-state index >= 15 is 0 Å². The Balaban J connectivity index is 2.62. The summed E-state index contributed by atoms with van der Waals surface area (Å²) in [5.74, 6) is 0.668. The summed E-state index contributed by atoms with van der Waals surface area (Å²) in [5.41, 5.74) is 1.83. The second kappa shape index (κ2) is 6.20. The van der Waals surface area contributed by atoms with Crippen molar-refractivity contribution in [1.82, 2.24) is 5.32 Å². The molecule has 2 atom stereocenters. The molecule has 0 fully saturated rings. The summed E-state index contributed by atoms with van der Waals surface area (Å²) < 4.78 is 0. The zero-order chi connectivity index (χ0) is 12.9. The molecule has 1 N–H and O–H groups in total. The highest BCUT2D eigenvalue weighted by Gasteiger charge is 2.19.